The SMILES string of the molecule is NNC(CCOc1ccccc1)CC1CC1. The van der Waals surface area contributed by atoms with Crippen LogP contribution < -0.4 is 16.0 Å². The first kappa shape index (κ1) is 11.4. The third kappa shape index (κ3) is 3.83. The maximum absolute atomic E-state index is 5.64. The van der Waals surface area contributed by atoms with Gasteiger partial charge >= 0.3 is 0 Å². The molecule has 0 aliphatic heterocycles. The molecule has 1 aliphatic carbocycles. The number of hydrogen-bond acceptors (Lipinski definition) is 3. The highest BCUT2D eigenvalue weighted by Gasteiger charge is 2.24. The van der Waals surface area contributed by atoms with Gasteiger partial charge in [-0.15, -0.1) is 0 Å². The lowest BCUT2D eigenvalue weighted by molar-refractivity contribution is 0.278. The van der Waals surface area contributed by atoms with Gasteiger partial charge in [-0.1, -0.05) is 31.0 Å². The number of nitrogens with two attached hydrogens (primary N) is 1. The van der Waals surface area contributed by atoms with E-state index in [9.17, 15) is 0 Å². The Morgan fingerprint density at radius 1 is 1.31 bits per heavy atom. The maximum atomic E-state index is 5.64. The van der Waals surface area contributed by atoms with Gasteiger partial charge in [-0.25, -0.2) is 0 Å². The summed E-state index contributed by atoms with van der Waals surface area (Å²) in [4.78, 5) is 0. The Kier molecular flexibility index (Phi) is 4.19. The second-order valence-electron chi connectivity index (χ2n) is 4.49. The fraction of sp³-hybridized carbons (Fsp3) is 0.538. The van der Waals surface area contributed by atoms with Crippen LogP contribution in [0.15, 0.2) is 30.3 Å². The van der Waals surface area contributed by atoms with Gasteiger partial charge in [0, 0.05) is 6.04 Å². The molecule has 1 atom stereocenters. The van der Waals surface area contributed by atoms with Crippen molar-refractivity contribution in [2.75, 3.05) is 6.61 Å². The first-order valence-corrected chi connectivity index (χ1v) is 6.02. The molecule has 1 aromatic carbocycles. The number of rotatable bonds is 7. The molecule has 1 fully saturated rings. The molecule has 0 heterocycles. The molecule has 0 aromatic heterocycles. The summed E-state index contributed by atoms with van der Waals surface area (Å²) in [5.74, 6) is 7.36. The van der Waals surface area contributed by atoms with Crippen molar-refractivity contribution in [3.05, 3.63) is 30.3 Å². The molecule has 0 spiro atoms. The minimum atomic E-state index is 0.399. The van der Waals surface area contributed by atoms with Crippen molar-refractivity contribution in [3.8, 4) is 5.75 Å². The largest absolute Gasteiger partial charge is 0.494 e. The average Bonchev–Trinajstić information content (AvgIpc) is 3.13. The first-order chi connectivity index (χ1) is 7.88. The lowest BCUT2D eigenvalue weighted by atomic mass is 10.1. The van der Waals surface area contributed by atoms with Crippen molar-refractivity contribution in [3.63, 3.8) is 0 Å². The molecule has 3 nitrogen and oxygen atoms in total. The summed E-state index contributed by atoms with van der Waals surface area (Å²) in [6, 6.07) is 10.3. The van der Waals surface area contributed by atoms with E-state index >= 15 is 0 Å². The van der Waals surface area contributed by atoms with Gasteiger partial charge in [0.15, 0.2) is 0 Å². The van der Waals surface area contributed by atoms with E-state index < -0.39 is 0 Å². The van der Waals surface area contributed by atoms with Gasteiger partial charge in [0.05, 0.1) is 6.61 Å². The summed E-state index contributed by atoms with van der Waals surface area (Å²) in [6.07, 6.45) is 4.91. The van der Waals surface area contributed by atoms with Gasteiger partial charge in [0.1, 0.15) is 5.75 Å². The topological polar surface area (TPSA) is 47.3 Å². The quantitative estimate of drug-likeness (QED) is 0.546. The molecule has 0 bridgehead atoms. The van der Waals surface area contributed by atoms with Gasteiger partial charge in [-0.2, -0.15) is 0 Å². The van der Waals surface area contributed by atoms with E-state index in [1.807, 2.05) is 30.3 Å². The molecule has 1 aliphatic rings. The van der Waals surface area contributed by atoms with Crippen LogP contribution in [-0.4, -0.2) is 12.6 Å². The van der Waals surface area contributed by atoms with Crippen LogP contribution in [0.3, 0.4) is 0 Å². The van der Waals surface area contributed by atoms with Crippen LogP contribution in [0.25, 0.3) is 0 Å². The lowest BCUT2D eigenvalue weighted by Crippen LogP contribution is -2.36. The zero-order chi connectivity index (χ0) is 11.2. The van der Waals surface area contributed by atoms with Crippen LogP contribution in [-0.2, 0) is 0 Å². The number of benzene rings is 1. The molecule has 88 valence electrons. The second-order valence-corrected chi connectivity index (χ2v) is 4.49. The van der Waals surface area contributed by atoms with Crippen LogP contribution in [0.2, 0.25) is 0 Å². The Morgan fingerprint density at radius 3 is 2.69 bits per heavy atom. The fourth-order valence-corrected chi connectivity index (χ4v) is 1.86. The molecule has 3 N–H and O–H groups in total. The standard InChI is InChI=1S/C13H20N2O/c14-15-12(10-11-6-7-11)8-9-16-13-4-2-1-3-5-13/h1-5,11-12,15H,6-10,14H2. The third-order valence-electron chi connectivity index (χ3n) is 3.03. The molecule has 2 rings (SSSR count). The zero-order valence-electron chi connectivity index (χ0n) is 9.56. The van der Waals surface area contributed by atoms with Crippen molar-refractivity contribution in [2.24, 2.45) is 11.8 Å². The van der Waals surface area contributed by atoms with Crippen molar-refractivity contribution in [1.82, 2.24) is 5.43 Å². The van der Waals surface area contributed by atoms with Gasteiger partial charge in [0.25, 0.3) is 0 Å². The summed E-state index contributed by atoms with van der Waals surface area (Å²) in [5.41, 5.74) is 2.88. The minimum absolute atomic E-state index is 0.399. The van der Waals surface area contributed by atoms with Crippen LogP contribution in [0, 0.1) is 5.92 Å². The van der Waals surface area contributed by atoms with Gasteiger partial charge < -0.3 is 4.74 Å². The summed E-state index contributed by atoms with van der Waals surface area (Å²) < 4.78 is 5.64. The summed E-state index contributed by atoms with van der Waals surface area (Å²) in [6.45, 7) is 0.728. The van der Waals surface area contributed by atoms with Crippen LogP contribution >= 0.6 is 0 Å². The van der Waals surface area contributed by atoms with Crippen LogP contribution in [0.1, 0.15) is 25.7 Å². The van der Waals surface area contributed by atoms with Crippen LogP contribution in [0.5, 0.6) is 5.75 Å². The first-order valence-electron chi connectivity index (χ1n) is 6.02. The lowest BCUT2D eigenvalue weighted by Gasteiger charge is -2.15. The highest BCUT2D eigenvalue weighted by molar-refractivity contribution is 5.20. The number of para-hydroxylation sites is 1. The van der Waals surface area contributed by atoms with E-state index in [0.717, 1.165) is 24.7 Å². The molecular weight excluding hydrogens is 200 g/mol. The van der Waals surface area contributed by atoms with Gasteiger partial charge in [0.2, 0.25) is 0 Å². The number of hydrogen-bond donors (Lipinski definition) is 2. The van der Waals surface area contributed by atoms with Crippen molar-refractivity contribution < 1.29 is 4.74 Å². The Hall–Kier alpha value is -1.06. The summed E-state index contributed by atoms with van der Waals surface area (Å²) >= 11 is 0. The highest BCUT2D eigenvalue weighted by Crippen LogP contribution is 2.33. The van der Waals surface area contributed by atoms with E-state index in [1.54, 1.807) is 0 Å². The van der Waals surface area contributed by atoms with Gasteiger partial charge in [-0.05, 0) is 30.9 Å². The summed E-state index contributed by atoms with van der Waals surface area (Å²) in [7, 11) is 0. The zero-order valence-corrected chi connectivity index (χ0v) is 9.56. The average molecular weight is 220 g/mol. The minimum Gasteiger partial charge on any atom is -0.494 e. The van der Waals surface area contributed by atoms with Crippen molar-refractivity contribution >= 4 is 0 Å². The smallest absolute Gasteiger partial charge is 0.119 e. The van der Waals surface area contributed by atoms with Crippen molar-refractivity contribution in [1.29, 1.82) is 0 Å². The molecular formula is C13H20N2O. The molecule has 0 saturated heterocycles. The van der Waals surface area contributed by atoms with E-state index in [1.165, 1.54) is 19.3 Å². The van der Waals surface area contributed by atoms with E-state index in [-0.39, 0.29) is 0 Å². The van der Waals surface area contributed by atoms with E-state index in [4.69, 9.17) is 10.6 Å². The molecule has 1 aromatic rings. The number of hydrazine groups is 1. The Morgan fingerprint density at radius 2 is 2.06 bits per heavy atom. The fourth-order valence-electron chi connectivity index (χ4n) is 1.86. The number of ether oxygens (including phenoxy) is 1. The highest BCUT2D eigenvalue weighted by atomic mass is 16.5. The van der Waals surface area contributed by atoms with Crippen molar-refractivity contribution in [2.45, 2.75) is 31.7 Å². The molecule has 16 heavy (non-hydrogen) atoms. The molecule has 0 radical (unpaired) electrons. The maximum Gasteiger partial charge on any atom is 0.119 e. The molecule has 1 unspecified atom stereocenters. The predicted molar refractivity (Wildman–Crippen MR) is 65.0 cm³/mol. The van der Waals surface area contributed by atoms with Crippen LogP contribution in [0.4, 0.5) is 0 Å². The Bertz CT molecular complexity index is 298. The van der Waals surface area contributed by atoms with E-state index in [2.05, 4.69) is 5.43 Å². The molecule has 3 heteroatoms. The second kappa shape index (κ2) is 5.87. The normalized spacial score (nSPS) is 17.1. The summed E-state index contributed by atoms with van der Waals surface area (Å²) in [5, 5.41) is 0. The van der Waals surface area contributed by atoms with E-state index in [0.29, 0.717) is 6.04 Å². The predicted octanol–water partition coefficient (Wildman–Crippen LogP) is 2.09. The molecule has 1 saturated carbocycles. The molecule has 0 amide bonds. The number of nitrogens with one attached hydrogen (secondary N) is 1. The monoisotopic (exact) mass is 220 g/mol. The Labute approximate surface area is 97.0 Å². The third-order valence-corrected chi connectivity index (χ3v) is 3.03. The Balaban J connectivity index is 1.65. The van der Waals surface area contributed by atoms with Gasteiger partial charge in [-0.3, -0.25) is 11.3 Å².